The van der Waals surface area contributed by atoms with Crippen molar-refractivity contribution in [1.82, 2.24) is 0 Å². The van der Waals surface area contributed by atoms with Crippen molar-refractivity contribution in [2.24, 2.45) is 0 Å². The summed E-state index contributed by atoms with van der Waals surface area (Å²) in [5, 5.41) is 9.32. The van der Waals surface area contributed by atoms with E-state index in [-0.39, 0.29) is 12.2 Å². The highest BCUT2D eigenvalue weighted by Crippen LogP contribution is 2.22. The molecule has 0 saturated carbocycles. The van der Waals surface area contributed by atoms with Crippen LogP contribution in [0.3, 0.4) is 0 Å². The van der Waals surface area contributed by atoms with Crippen molar-refractivity contribution < 1.29 is 29.0 Å². The molecule has 0 saturated heterocycles. The molecule has 6 heteroatoms. The first-order chi connectivity index (χ1) is 12.4. The lowest BCUT2D eigenvalue weighted by atomic mass is 10.0. The van der Waals surface area contributed by atoms with E-state index in [1.165, 1.54) is 31.2 Å². The molecule has 0 unspecified atom stereocenters. The molecule has 1 N–H and O–H groups in total. The molecule has 2 rings (SSSR count). The first kappa shape index (κ1) is 19.2. The number of hydrogen-bond acceptors (Lipinski definition) is 6. The van der Waals surface area contributed by atoms with Crippen molar-refractivity contribution in [3.8, 4) is 5.75 Å². The van der Waals surface area contributed by atoms with Gasteiger partial charge in [-0.15, -0.1) is 0 Å². The summed E-state index contributed by atoms with van der Waals surface area (Å²) in [4.78, 5) is 36.4. The predicted octanol–water partition coefficient (Wildman–Crippen LogP) is 3.20. The second-order valence-corrected chi connectivity index (χ2v) is 5.65. The van der Waals surface area contributed by atoms with Crippen LogP contribution in [0.15, 0.2) is 54.6 Å². The minimum absolute atomic E-state index is 0.0330. The Morgan fingerprint density at radius 2 is 1.58 bits per heavy atom. The van der Waals surface area contributed by atoms with E-state index in [0.717, 1.165) is 0 Å². The zero-order valence-electron chi connectivity index (χ0n) is 14.5. The molecule has 0 aromatic heterocycles. The number of ether oxygens (including phenoxy) is 2. The van der Waals surface area contributed by atoms with E-state index in [4.69, 9.17) is 9.47 Å². The fourth-order valence-electron chi connectivity index (χ4n) is 2.38. The lowest BCUT2D eigenvalue weighted by molar-refractivity contribution is -0.169. The number of carbonyl (C=O) groups excluding carboxylic acids is 3. The second kappa shape index (κ2) is 8.80. The van der Waals surface area contributed by atoms with Gasteiger partial charge in [0, 0.05) is 18.1 Å². The minimum atomic E-state index is -1.24. The standard InChI is InChI=1S/C20H20O6/c1-3-17(18(23)14-9-11-16(22)12-10-14)26-20(24)19(25-13(2)21)15-7-5-4-6-8-15/h4-12,17,19,22H,3H2,1-2H3/t17-,19+/m0/s1. The molecule has 0 aliphatic carbocycles. The van der Waals surface area contributed by atoms with E-state index in [1.807, 2.05) is 0 Å². The maximum Gasteiger partial charge on any atom is 0.352 e. The molecule has 0 aliphatic rings. The third-order valence-electron chi connectivity index (χ3n) is 3.67. The van der Waals surface area contributed by atoms with Crippen molar-refractivity contribution in [2.75, 3.05) is 0 Å². The Morgan fingerprint density at radius 1 is 0.962 bits per heavy atom. The van der Waals surface area contributed by atoms with E-state index in [0.29, 0.717) is 11.1 Å². The molecule has 2 atom stereocenters. The Kier molecular flexibility index (Phi) is 6.49. The topological polar surface area (TPSA) is 89.9 Å². The van der Waals surface area contributed by atoms with E-state index in [2.05, 4.69) is 0 Å². The van der Waals surface area contributed by atoms with Crippen molar-refractivity contribution in [1.29, 1.82) is 0 Å². The number of carbonyl (C=O) groups is 3. The SMILES string of the molecule is CC[C@H](OC(=O)[C@H](OC(C)=O)c1ccccc1)C(=O)c1ccc(O)cc1. The zero-order chi connectivity index (χ0) is 19.1. The van der Waals surface area contributed by atoms with Crippen LogP contribution in [0.4, 0.5) is 0 Å². The number of esters is 2. The van der Waals surface area contributed by atoms with Crippen LogP contribution >= 0.6 is 0 Å². The van der Waals surface area contributed by atoms with Crippen LogP contribution in [0.2, 0.25) is 0 Å². The van der Waals surface area contributed by atoms with Gasteiger partial charge in [0.2, 0.25) is 11.9 Å². The lowest BCUT2D eigenvalue weighted by Gasteiger charge is -2.20. The van der Waals surface area contributed by atoms with Gasteiger partial charge >= 0.3 is 11.9 Å². The van der Waals surface area contributed by atoms with E-state index in [1.54, 1.807) is 37.3 Å². The number of benzene rings is 2. The quantitative estimate of drug-likeness (QED) is 0.605. The third kappa shape index (κ3) is 4.92. The number of Topliss-reactive ketones (excluding diaryl/α,β-unsaturated/α-hetero) is 1. The number of rotatable bonds is 7. The van der Waals surface area contributed by atoms with Gasteiger partial charge in [-0.25, -0.2) is 4.79 Å². The summed E-state index contributed by atoms with van der Waals surface area (Å²) >= 11 is 0. The number of phenolic OH excluding ortho intramolecular Hbond substituents is 1. The molecular formula is C20H20O6. The van der Waals surface area contributed by atoms with Crippen LogP contribution in [0, 0.1) is 0 Å². The lowest BCUT2D eigenvalue weighted by Crippen LogP contribution is -2.31. The normalized spacial score (nSPS) is 12.7. The van der Waals surface area contributed by atoms with Gasteiger partial charge in [-0.3, -0.25) is 9.59 Å². The largest absolute Gasteiger partial charge is 0.508 e. The summed E-state index contributed by atoms with van der Waals surface area (Å²) in [7, 11) is 0. The molecule has 2 aromatic rings. The predicted molar refractivity (Wildman–Crippen MR) is 93.6 cm³/mol. The Hall–Kier alpha value is -3.15. The smallest absolute Gasteiger partial charge is 0.352 e. The Labute approximate surface area is 151 Å². The summed E-state index contributed by atoms with van der Waals surface area (Å²) in [6, 6.07) is 14.1. The van der Waals surface area contributed by atoms with Gasteiger partial charge in [0.15, 0.2) is 6.10 Å². The summed E-state index contributed by atoms with van der Waals surface area (Å²) in [6.07, 6.45) is -2.00. The van der Waals surface area contributed by atoms with Crippen molar-refractivity contribution in [3.05, 3.63) is 65.7 Å². The van der Waals surface area contributed by atoms with Crippen LogP contribution in [0.1, 0.15) is 42.3 Å². The average molecular weight is 356 g/mol. The molecule has 6 nitrogen and oxygen atoms in total. The van der Waals surface area contributed by atoms with Gasteiger partial charge in [-0.1, -0.05) is 37.3 Å². The molecule has 0 amide bonds. The van der Waals surface area contributed by atoms with Crippen LogP contribution in [0.5, 0.6) is 5.75 Å². The molecule has 0 aliphatic heterocycles. The summed E-state index contributed by atoms with van der Waals surface area (Å²) in [6.45, 7) is 2.90. The number of aromatic hydroxyl groups is 1. The molecule has 0 spiro atoms. The number of ketones is 1. The number of phenols is 1. The van der Waals surface area contributed by atoms with Crippen molar-refractivity contribution >= 4 is 17.7 Å². The fraction of sp³-hybridized carbons (Fsp3) is 0.250. The molecule has 0 heterocycles. The molecule has 26 heavy (non-hydrogen) atoms. The second-order valence-electron chi connectivity index (χ2n) is 5.65. The van der Waals surface area contributed by atoms with Gasteiger partial charge < -0.3 is 14.6 Å². The van der Waals surface area contributed by atoms with Crippen molar-refractivity contribution in [3.63, 3.8) is 0 Å². The van der Waals surface area contributed by atoms with Crippen molar-refractivity contribution in [2.45, 2.75) is 32.5 Å². The Morgan fingerprint density at radius 3 is 2.12 bits per heavy atom. The van der Waals surface area contributed by atoms with Gasteiger partial charge in [-0.05, 0) is 30.7 Å². The average Bonchev–Trinajstić information content (AvgIpc) is 2.64. The highest BCUT2D eigenvalue weighted by molar-refractivity contribution is 6.00. The molecule has 136 valence electrons. The molecule has 0 fully saturated rings. The summed E-state index contributed by atoms with van der Waals surface area (Å²) in [5.41, 5.74) is 0.769. The summed E-state index contributed by atoms with van der Waals surface area (Å²) in [5.74, 6) is -1.81. The van der Waals surface area contributed by atoms with Gasteiger partial charge in [-0.2, -0.15) is 0 Å². The first-order valence-corrected chi connectivity index (χ1v) is 8.18. The third-order valence-corrected chi connectivity index (χ3v) is 3.67. The van der Waals surface area contributed by atoms with Gasteiger partial charge in [0.1, 0.15) is 5.75 Å². The molecule has 2 aromatic carbocycles. The van der Waals surface area contributed by atoms with E-state index in [9.17, 15) is 19.5 Å². The highest BCUT2D eigenvalue weighted by Gasteiger charge is 2.30. The highest BCUT2D eigenvalue weighted by atomic mass is 16.6. The van der Waals surface area contributed by atoms with Crippen LogP contribution < -0.4 is 0 Å². The van der Waals surface area contributed by atoms with Crippen LogP contribution in [0.25, 0.3) is 0 Å². The van der Waals surface area contributed by atoms with Crippen LogP contribution in [-0.4, -0.2) is 28.9 Å². The first-order valence-electron chi connectivity index (χ1n) is 8.18. The van der Waals surface area contributed by atoms with E-state index < -0.39 is 29.9 Å². The minimum Gasteiger partial charge on any atom is -0.508 e. The Balaban J connectivity index is 2.18. The molecule has 0 bridgehead atoms. The fourth-order valence-corrected chi connectivity index (χ4v) is 2.38. The maximum absolute atomic E-state index is 12.5. The molecule has 0 radical (unpaired) electrons. The zero-order valence-corrected chi connectivity index (χ0v) is 14.5. The van der Waals surface area contributed by atoms with Crippen LogP contribution in [-0.2, 0) is 19.1 Å². The maximum atomic E-state index is 12.5. The monoisotopic (exact) mass is 356 g/mol. The number of hydrogen-bond donors (Lipinski definition) is 1. The molecular weight excluding hydrogens is 336 g/mol. The van der Waals surface area contributed by atoms with E-state index >= 15 is 0 Å². The Bertz CT molecular complexity index is 767. The van der Waals surface area contributed by atoms with Gasteiger partial charge in [0.25, 0.3) is 0 Å². The summed E-state index contributed by atoms with van der Waals surface area (Å²) < 4.78 is 10.4. The van der Waals surface area contributed by atoms with Gasteiger partial charge in [0.05, 0.1) is 0 Å².